The summed E-state index contributed by atoms with van der Waals surface area (Å²) in [6.45, 7) is 7.09. The molecule has 3 N–H and O–H groups in total. The number of ether oxygens (including phenoxy) is 2. The maximum absolute atomic E-state index is 12.9. The van der Waals surface area contributed by atoms with E-state index >= 15 is 0 Å². The first-order chi connectivity index (χ1) is 18.1. The summed E-state index contributed by atoms with van der Waals surface area (Å²) in [6, 6.07) is 17.9. The van der Waals surface area contributed by atoms with Crippen LogP contribution in [0.15, 0.2) is 76.1 Å². The van der Waals surface area contributed by atoms with Gasteiger partial charge in [-0.3, -0.25) is 14.8 Å². The second kappa shape index (κ2) is 13.6. The minimum Gasteiger partial charge on any atom is -0.494 e. The topological polar surface area (TPSA) is 106 Å². The maximum atomic E-state index is 12.9. The van der Waals surface area contributed by atoms with Crippen LogP contribution in [0.4, 0.5) is 11.4 Å². The van der Waals surface area contributed by atoms with Gasteiger partial charge in [-0.15, -0.1) is 0 Å². The van der Waals surface area contributed by atoms with E-state index in [0.29, 0.717) is 47.6 Å². The molecule has 0 heterocycles. The van der Waals surface area contributed by atoms with Gasteiger partial charge in [0.15, 0.2) is 5.11 Å². The largest absolute Gasteiger partial charge is 0.494 e. The summed E-state index contributed by atoms with van der Waals surface area (Å²) in [5.74, 6) is 1.17. The molecule has 11 heteroatoms. The number of rotatable bonds is 11. The average molecular weight is 621 g/mol. The standard InChI is InChI=1S/C27H30BrN3O5S2/c1-4-35-22-10-6-21(7-11-22)31-38(33,34)23-12-8-20(9-13-23)29-27(37)30-26(32)24-17-19(28)5-14-25(24)36-16-15-18(2)3/h5-14,17-18,31H,4,15-16H2,1-3H3,(H2,29,30,32,37). The van der Waals surface area contributed by atoms with Crippen LogP contribution in [0, 0.1) is 5.92 Å². The Morgan fingerprint density at radius 3 is 2.26 bits per heavy atom. The predicted octanol–water partition coefficient (Wildman–Crippen LogP) is 6.20. The summed E-state index contributed by atoms with van der Waals surface area (Å²) in [5.41, 5.74) is 1.27. The quantitative estimate of drug-likeness (QED) is 0.219. The number of hydrogen-bond acceptors (Lipinski definition) is 6. The molecule has 0 saturated carbocycles. The minimum absolute atomic E-state index is 0.0613. The van der Waals surface area contributed by atoms with Gasteiger partial charge in [0.1, 0.15) is 11.5 Å². The summed E-state index contributed by atoms with van der Waals surface area (Å²) < 4.78 is 40.0. The molecule has 0 aliphatic carbocycles. The summed E-state index contributed by atoms with van der Waals surface area (Å²) >= 11 is 8.68. The third kappa shape index (κ3) is 8.71. The molecule has 3 aromatic carbocycles. The molecule has 3 rings (SSSR count). The third-order valence-electron chi connectivity index (χ3n) is 5.21. The molecule has 0 unspecified atom stereocenters. The highest BCUT2D eigenvalue weighted by molar-refractivity contribution is 9.10. The molecule has 0 aliphatic rings. The predicted molar refractivity (Wildman–Crippen MR) is 158 cm³/mol. The van der Waals surface area contributed by atoms with Gasteiger partial charge in [-0.05, 0) is 98.2 Å². The first-order valence-corrected chi connectivity index (χ1v) is 14.7. The fourth-order valence-electron chi connectivity index (χ4n) is 3.26. The Hall–Kier alpha value is -3.15. The van der Waals surface area contributed by atoms with Crippen LogP contribution in [-0.2, 0) is 10.0 Å². The molecule has 0 fully saturated rings. The molecular formula is C27H30BrN3O5S2. The number of benzene rings is 3. The van der Waals surface area contributed by atoms with Crippen LogP contribution in [0.5, 0.6) is 11.5 Å². The van der Waals surface area contributed by atoms with Crippen molar-refractivity contribution in [1.82, 2.24) is 5.32 Å². The number of amides is 1. The molecule has 8 nitrogen and oxygen atoms in total. The summed E-state index contributed by atoms with van der Waals surface area (Å²) in [5, 5.41) is 5.60. The lowest BCUT2D eigenvalue weighted by Gasteiger charge is -2.14. The minimum atomic E-state index is -3.80. The number of halogens is 1. The van der Waals surface area contributed by atoms with E-state index in [4.69, 9.17) is 21.7 Å². The number of thiocarbonyl (C=S) groups is 1. The average Bonchev–Trinajstić information content (AvgIpc) is 2.86. The van der Waals surface area contributed by atoms with E-state index < -0.39 is 15.9 Å². The van der Waals surface area contributed by atoms with Gasteiger partial charge in [-0.1, -0.05) is 29.8 Å². The fourth-order valence-corrected chi connectivity index (χ4v) is 4.89. The number of hydrogen-bond donors (Lipinski definition) is 3. The van der Waals surface area contributed by atoms with Gasteiger partial charge < -0.3 is 14.8 Å². The maximum Gasteiger partial charge on any atom is 0.261 e. The fraction of sp³-hybridized carbons (Fsp3) is 0.259. The second-order valence-electron chi connectivity index (χ2n) is 8.67. The van der Waals surface area contributed by atoms with Gasteiger partial charge in [0.05, 0.1) is 23.7 Å². The van der Waals surface area contributed by atoms with E-state index in [0.717, 1.165) is 10.9 Å². The number of anilines is 2. The zero-order valence-corrected chi connectivity index (χ0v) is 24.5. The molecule has 0 spiro atoms. The highest BCUT2D eigenvalue weighted by Gasteiger charge is 2.17. The number of sulfonamides is 1. The second-order valence-corrected chi connectivity index (χ2v) is 11.7. The zero-order chi connectivity index (χ0) is 27.7. The smallest absolute Gasteiger partial charge is 0.261 e. The molecule has 3 aromatic rings. The van der Waals surface area contributed by atoms with Crippen molar-refractivity contribution in [1.29, 1.82) is 0 Å². The molecular weight excluding hydrogens is 590 g/mol. The monoisotopic (exact) mass is 619 g/mol. The van der Waals surface area contributed by atoms with E-state index in [1.165, 1.54) is 12.1 Å². The van der Waals surface area contributed by atoms with Crippen molar-refractivity contribution in [3.8, 4) is 11.5 Å². The van der Waals surface area contributed by atoms with Crippen molar-refractivity contribution in [3.63, 3.8) is 0 Å². The molecule has 202 valence electrons. The van der Waals surface area contributed by atoms with E-state index in [1.807, 2.05) is 6.92 Å². The Kier molecular flexibility index (Phi) is 10.5. The van der Waals surface area contributed by atoms with Crippen molar-refractivity contribution < 1.29 is 22.7 Å². The number of carbonyl (C=O) groups is 1. The van der Waals surface area contributed by atoms with Crippen molar-refractivity contribution in [2.45, 2.75) is 32.1 Å². The summed E-state index contributed by atoms with van der Waals surface area (Å²) in [6.07, 6.45) is 0.860. The van der Waals surface area contributed by atoms with Gasteiger partial charge in [0.25, 0.3) is 15.9 Å². The Morgan fingerprint density at radius 1 is 0.974 bits per heavy atom. The number of carbonyl (C=O) groups excluding carboxylic acids is 1. The molecule has 1 amide bonds. The van der Waals surface area contributed by atoms with Crippen molar-refractivity contribution >= 4 is 60.6 Å². The molecule has 0 radical (unpaired) electrons. The van der Waals surface area contributed by atoms with Crippen molar-refractivity contribution in [3.05, 3.63) is 76.8 Å². The molecule has 0 aromatic heterocycles. The van der Waals surface area contributed by atoms with Crippen LogP contribution in [0.3, 0.4) is 0 Å². The van der Waals surface area contributed by atoms with Crippen LogP contribution in [0.25, 0.3) is 0 Å². The van der Waals surface area contributed by atoms with Gasteiger partial charge >= 0.3 is 0 Å². The molecule has 38 heavy (non-hydrogen) atoms. The Labute approximate surface area is 237 Å². The van der Waals surface area contributed by atoms with Crippen LogP contribution in [-0.4, -0.2) is 32.7 Å². The number of nitrogens with one attached hydrogen (secondary N) is 3. The SMILES string of the molecule is CCOc1ccc(NS(=O)(=O)c2ccc(NC(=S)NC(=O)c3cc(Br)ccc3OCCC(C)C)cc2)cc1. The normalized spacial score (nSPS) is 11.1. The summed E-state index contributed by atoms with van der Waals surface area (Å²) in [4.78, 5) is 13.0. The first-order valence-electron chi connectivity index (χ1n) is 12.0. The van der Waals surface area contributed by atoms with E-state index in [1.54, 1.807) is 54.6 Å². The van der Waals surface area contributed by atoms with Gasteiger partial charge in [-0.25, -0.2) is 8.42 Å². The highest BCUT2D eigenvalue weighted by Crippen LogP contribution is 2.24. The van der Waals surface area contributed by atoms with Crippen LogP contribution in [0.2, 0.25) is 0 Å². The molecule has 0 aliphatic heterocycles. The lowest BCUT2D eigenvalue weighted by atomic mass is 10.1. The Bertz CT molecular complexity index is 1360. The lowest BCUT2D eigenvalue weighted by Crippen LogP contribution is -2.34. The molecule has 0 bridgehead atoms. The van der Waals surface area contributed by atoms with Gasteiger partial charge in [0, 0.05) is 15.8 Å². The third-order valence-corrected chi connectivity index (χ3v) is 7.30. The summed E-state index contributed by atoms with van der Waals surface area (Å²) in [7, 11) is -3.80. The lowest BCUT2D eigenvalue weighted by molar-refractivity contribution is 0.0973. The van der Waals surface area contributed by atoms with E-state index in [9.17, 15) is 13.2 Å². The Balaban J connectivity index is 1.61. The van der Waals surface area contributed by atoms with Crippen LogP contribution < -0.4 is 24.8 Å². The van der Waals surface area contributed by atoms with E-state index in [2.05, 4.69) is 45.1 Å². The highest BCUT2D eigenvalue weighted by atomic mass is 79.9. The molecule has 0 atom stereocenters. The zero-order valence-electron chi connectivity index (χ0n) is 21.3. The van der Waals surface area contributed by atoms with Gasteiger partial charge in [0.2, 0.25) is 0 Å². The van der Waals surface area contributed by atoms with E-state index in [-0.39, 0.29) is 10.0 Å². The van der Waals surface area contributed by atoms with Crippen LogP contribution >= 0.6 is 28.1 Å². The van der Waals surface area contributed by atoms with Crippen molar-refractivity contribution in [2.75, 3.05) is 23.3 Å². The van der Waals surface area contributed by atoms with Gasteiger partial charge in [-0.2, -0.15) is 0 Å². The van der Waals surface area contributed by atoms with Crippen molar-refractivity contribution in [2.24, 2.45) is 5.92 Å². The first kappa shape index (κ1) is 29.4. The Morgan fingerprint density at radius 2 is 1.63 bits per heavy atom. The molecule has 0 saturated heterocycles. The van der Waals surface area contributed by atoms with Crippen LogP contribution in [0.1, 0.15) is 37.6 Å².